The summed E-state index contributed by atoms with van der Waals surface area (Å²) in [7, 11) is -3.71. The van der Waals surface area contributed by atoms with Crippen LogP contribution in [0.3, 0.4) is 0 Å². The van der Waals surface area contributed by atoms with Crippen molar-refractivity contribution in [1.82, 2.24) is 9.62 Å². The highest BCUT2D eigenvalue weighted by molar-refractivity contribution is 7.89. The number of benzene rings is 1. The normalized spacial score (nSPS) is 11.6. The predicted molar refractivity (Wildman–Crippen MR) is 78.7 cm³/mol. The molecule has 1 aromatic rings. The van der Waals surface area contributed by atoms with Gasteiger partial charge in [0.25, 0.3) is 0 Å². The first kappa shape index (κ1) is 16.5. The minimum atomic E-state index is -3.71. The number of amides is 1. The standard InChI is InChI=1S/C13H21N3O3S/c1-4-15-13(17)9-16(5-2)20(18,19)11-7-6-10(3)12(14)8-11/h6-8H,4-5,9,14H2,1-3H3,(H,15,17). The molecule has 1 aromatic carbocycles. The van der Waals surface area contributed by atoms with Crippen LogP contribution in [-0.2, 0) is 14.8 Å². The number of likely N-dealkylation sites (N-methyl/N-ethyl adjacent to an activating group) is 2. The quantitative estimate of drug-likeness (QED) is 0.757. The van der Waals surface area contributed by atoms with Crippen molar-refractivity contribution in [1.29, 1.82) is 0 Å². The molecule has 0 fully saturated rings. The molecule has 0 aliphatic carbocycles. The molecule has 7 heteroatoms. The van der Waals surface area contributed by atoms with Crippen molar-refractivity contribution in [2.75, 3.05) is 25.4 Å². The van der Waals surface area contributed by atoms with Crippen LogP contribution in [0.5, 0.6) is 0 Å². The summed E-state index contributed by atoms with van der Waals surface area (Å²) in [6.45, 7) is 5.76. The van der Waals surface area contributed by atoms with E-state index < -0.39 is 10.0 Å². The number of sulfonamides is 1. The van der Waals surface area contributed by atoms with Crippen LogP contribution >= 0.6 is 0 Å². The van der Waals surface area contributed by atoms with Crippen LogP contribution in [0.4, 0.5) is 5.69 Å². The maximum Gasteiger partial charge on any atom is 0.243 e. The first-order valence-corrected chi connectivity index (χ1v) is 7.89. The van der Waals surface area contributed by atoms with Crippen LogP contribution in [0.2, 0.25) is 0 Å². The van der Waals surface area contributed by atoms with Gasteiger partial charge in [0.2, 0.25) is 15.9 Å². The Labute approximate surface area is 120 Å². The Hall–Kier alpha value is -1.60. The molecular weight excluding hydrogens is 278 g/mol. The third-order valence-electron chi connectivity index (χ3n) is 2.94. The molecule has 20 heavy (non-hydrogen) atoms. The zero-order valence-corrected chi connectivity index (χ0v) is 12.8. The first-order chi connectivity index (χ1) is 9.32. The average molecular weight is 299 g/mol. The topological polar surface area (TPSA) is 92.5 Å². The van der Waals surface area contributed by atoms with Crippen molar-refractivity contribution in [3.05, 3.63) is 23.8 Å². The zero-order valence-electron chi connectivity index (χ0n) is 12.0. The molecule has 6 nitrogen and oxygen atoms in total. The molecule has 0 unspecified atom stereocenters. The molecule has 0 aliphatic heterocycles. The molecule has 112 valence electrons. The Balaban J connectivity index is 3.05. The fourth-order valence-electron chi connectivity index (χ4n) is 1.71. The zero-order chi connectivity index (χ0) is 15.3. The number of carbonyl (C=O) groups is 1. The van der Waals surface area contributed by atoms with Crippen LogP contribution in [0.1, 0.15) is 19.4 Å². The Kier molecular flexibility index (Phi) is 5.52. The van der Waals surface area contributed by atoms with Gasteiger partial charge < -0.3 is 11.1 Å². The van der Waals surface area contributed by atoms with Gasteiger partial charge in [0, 0.05) is 18.8 Å². The summed E-state index contributed by atoms with van der Waals surface area (Å²) >= 11 is 0. The molecule has 0 radical (unpaired) electrons. The average Bonchev–Trinajstić information content (AvgIpc) is 2.39. The molecule has 0 saturated heterocycles. The molecule has 3 N–H and O–H groups in total. The van der Waals surface area contributed by atoms with Gasteiger partial charge >= 0.3 is 0 Å². The van der Waals surface area contributed by atoms with E-state index >= 15 is 0 Å². The minimum absolute atomic E-state index is 0.103. The fraction of sp³-hybridized carbons (Fsp3) is 0.462. The number of nitrogens with zero attached hydrogens (tertiary/aromatic N) is 1. The number of carbonyl (C=O) groups excluding carboxylic acids is 1. The lowest BCUT2D eigenvalue weighted by Crippen LogP contribution is -2.40. The monoisotopic (exact) mass is 299 g/mol. The molecular formula is C13H21N3O3S. The number of hydrogen-bond donors (Lipinski definition) is 2. The lowest BCUT2D eigenvalue weighted by Gasteiger charge is -2.20. The number of aryl methyl sites for hydroxylation is 1. The van der Waals surface area contributed by atoms with Gasteiger partial charge in [-0.25, -0.2) is 8.42 Å². The van der Waals surface area contributed by atoms with Crippen molar-refractivity contribution in [3.8, 4) is 0 Å². The smallest absolute Gasteiger partial charge is 0.243 e. The summed E-state index contributed by atoms with van der Waals surface area (Å²) in [5.41, 5.74) is 6.98. The van der Waals surface area contributed by atoms with Gasteiger partial charge in [0.15, 0.2) is 0 Å². The summed E-state index contributed by atoms with van der Waals surface area (Å²) in [4.78, 5) is 11.7. The van der Waals surface area contributed by atoms with Crippen LogP contribution in [0, 0.1) is 6.92 Å². The van der Waals surface area contributed by atoms with E-state index in [1.165, 1.54) is 12.1 Å². The first-order valence-electron chi connectivity index (χ1n) is 6.45. The van der Waals surface area contributed by atoms with E-state index in [0.717, 1.165) is 9.87 Å². The van der Waals surface area contributed by atoms with Gasteiger partial charge in [-0.2, -0.15) is 4.31 Å². The molecule has 0 aromatic heterocycles. The largest absolute Gasteiger partial charge is 0.398 e. The highest BCUT2D eigenvalue weighted by Gasteiger charge is 2.25. The second-order valence-corrected chi connectivity index (χ2v) is 6.34. The Morgan fingerprint density at radius 3 is 2.50 bits per heavy atom. The van der Waals surface area contributed by atoms with E-state index in [2.05, 4.69) is 5.32 Å². The summed E-state index contributed by atoms with van der Waals surface area (Å²) in [6.07, 6.45) is 0. The van der Waals surface area contributed by atoms with Crippen LogP contribution in [0.25, 0.3) is 0 Å². The molecule has 0 bridgehead atoms. The van der Waals surface area contributed by atoms with Crippen LogP contribution in [-0.4, -0.2) is 38.3 Å². The summed E-state index contributed by atoms with van der Waals surface area (Å²) in [6, 6.07) is 4.58. The van der Waals surface area contributed by atoms with Crippen molar-refractivity contribution in [2.45, 2.75) is 25.7 Å². The maximum absolute atomic E-state index is 12.5. The van der Waals surface area contributed by atoms with Crippen LogP contribution < -0.4 is 11.1 Å². The number of anilines is 1. The van der Waals surface area contributed by atoms with Gasteiger partial charge in [-0.3, -0.25) is 4.79 Å². The molecule has 0 aliphatic rings. The Morgan fingerprint density at radius 2 is 2.00 bits per heavy atom. The van der Waals surface area contributed by atoms with Gasteiger partial charge in [0.1, 0.15) is 0 Å². The third-order valence-corrected chi connectivity index (χ3v) is 4.85. The Morgan fingerprint density at radius 1 is 1.35 bits per heavy atom. The maximum atomic E-state index is 12.5. The highest BCUT2D eigenvalue weighted by Crippen LogP contribution is 2.20. The summed E-state index contributed by atoms with van der Waals surface area (Å²) < 4.78 is 26.0. The van der Waals surface area contributed by atoms with E-state index in [4.69, 9.17) is 5.73 Å². The lowest BCUT2D eigenvalue weighted by atomic mass is 10.2. The number of nitrogen functional groups attached to an aromatic ring is 1. The van der Waals surface area contributed by atoms with E-state index in [1.54, 1.807) is 26.8 Å². The summed E-state index contributed by atoms with van der Waals surface area (Å²) in [5, 5.41) is 2.58. The molecule has 1 rings (SSSR count). The number of hydrogen-bond acceptors (Lipinski definition) is 4. The SMILES string of the molecule is CCNC(=O)CN(CC)S(=O)(=O)c1ccc(C)c(N)c1. The Bertz CT molecular complexity index is 585. The van der Waals surface area contributed by atoms with E-state index in [-0.39, 0.29) is 23.9 Å². The van der Waals surface area contributed by atoms with Gasteiger partial charge in [-0.15, -0.1) is 0 Å². The highest BCUT2D eigenvalue weighted by atomic mass is 32.2. The van der Waals surface area contributed by atoms with Gasteiger partial charge in [0.05, 0.1) is 11.4 Å². The van der Waals surface area contributed by atoms with E-state index in [0.29, 0.717) is 12.2 Å². The van der Waals surface area contributed by atoms with E-state index in [9.17, 15) is 13.2 Å². The van der Waals surface area contributed by atoms with Crippen molar-refractivity contribution < 1.29 is 13.2 Å². The molecule has 0 saturated carbocycles. The second kappa shape index (κ2) is 6.71. The second-order valence-electron chi connectivity index (χ2n) is 4.40. The van der Waals surface area contributed by atoms with Crippen LogP contribution in [0.15, 0.2) is 23.1 Å². The van der Waals surface area contributed by atoms with Gasteiger partial charge in [-0.1, -0.05) is 13.0 Å². The van der Waals surface area contributed by atoms with Crippen molar-refractivity contribution in [2.24, 2.45) is 0 Å². The fourth-order valence-corrected chi connectivity index (χ4v) is 3.15. The summed E-state index contributed by atoms with van der Waals surface area (Å²) in [5.74, 6) is -0.321. The van der Waals surface area contributed by atoms with Gasteiger partial charge in [-0.05, 0) is 31.5 Å². The molecule has 0 atom stereocenters. The number of nitrogens with two attached hydrogens (primary N) is 1. The molecule has 0 spiro atoms. The van der Waals surface area contributed by atoms with E-state index in [1.807, 2.05) is 0 Å². The van der Waals surface area contributed by atoms with Crippen molar-refractivity contribution in [3.63, 3.8) is 0 Å². The lowest BCUT2D eigenvalue weighted by molar-refractivity contribution is -0.121. The predicted octanol–water partition coefficient (Wildman–Crippen LogP) is 0.724. The third kappa shape index (κ3) is 3.71. The number of nitrogens with one attached hydrogen (secondary N) is 1. The molecule has 0 heterocycles. The molecule has 1 amide bonds. The van der Waals surface area contributed by atoms with Crippen molar-refractivity contribution >= 4 is 21.6 Å². The minimum Gasteiger partial charge on any atom is -0.398 e. The number of rotatable bonds is 6.